The maximum absolute atomic E-state index is 11.9. The van der Waals surface area contributed by atoms with Crippen molar-refractivity contribution in [1.82, 2.24) is 5.32 Å². The quantitative estimate of drug-likeness (QED) is 0.173. The van der Waals surface area contributed by atoms with Crippen LogP contribution in [0.15, 0.2) is 0 Å². The van der Waals surface area contributed by atoms with E-state index >= 15 is 0 Å². The fraction of sp³-hybridized carbons (Fsp3) is 0.875. The molecule has 0 saturated carbocycles. The molecule has 0 aromatic heterocycles. The van der Waals surface area contributed by atoms with Crippen molar-refractivity contribution in [3.05, 3.63) is 0 Å². The number of carbonyl (C=O) groups is 2. The number of hydrogen-bond donors (Lipinski definition) is 1. The molecule has 1 amide bonds. The molecule has 7 heteroatoms. The summed E-state index contributed by atoms with van der Waals surface area (Å²) in [7, 11) is 0. The van der Waals surface area contributed by atoms with Gasteiger partial charge in [-0.3, -0.25) is 9.59 Å². The molecule has 2 unspecified atom stereocenters. The second kappa shape index (κ2) is 8.61. The zero-order valence-corrected chi connectivity index (χ0v) is 14.9. The predicted octanol–water partition coefficient (Wildman–Crippen LogP) is 1.80. The number of ether oxygens (including phenoxy) is 2. The van der Waals surface area contributed by atoms with Crippen molar-refractivity contribution in [3.63, 3.8) is 0 Å². The van der Waals surface area contributed by atoms with E-state index in [2.05, 4.69) is 19.2 Å². The first-order chi connectivity index (χ1) is 10.6. The maximum atomic E-state index is 11.9. The largest absolute Gasteiger partial charge is 0.435 e. The number of rotatable bonds is 9. The summed E-state index contributed by atoms with van der Waals surface area (Å²) in [4.78, 5) is 33.0. The SMILES string of the molecule is CC(C)C[C@@H](C)NC(=O)C1OC1COOCOC(=O)C(C)(C)C. The first-order valence-corrected chi connectivity index (χ1v) is 7.98. The van der Waals surface area contributed by atoms with Crippen LogP contribution < -0.4 is 5.32 Å². The van der Waals surface area contributed by atoms with Crippen molar-refractivity contribution in [2.45, 2.75) is 66.2 Å². The van der Waals surface area contributed by atoms with E-state index in [0.717, 1.165) is 6.42 Å². The van der Waals surface area contributed by atoms with Gasteiger partial charge in [0, 0.05) is 6.04 Å². The van der Waals surface area contributed by atoms with Gasteiger partial charge in [0.15, 0.2) is 6.10 Å². The third kappa shape index (κ3) is 7.76. The highest BCUT2D eigenvalue weighted by Crippen LogP contribution is 2.23. The molecule has 1 N–H and O–H groups in total. The molecule has 3 atom stereocenters. The minimum Gasteiger partial charge on any atom is -0.435 e. The van der Waals surface area contributed by atoms with Gasteiger partial charge in [-0.1, -0.05) is 13.8 Å². The molecule has 1 rings (SSSR count). The number of amides is 1. The molecule has 1 saturated heterocycles. The van der Waals surface area contributed by atoms with E-state index in [1.807, 2.05) is 6.92 Å². The smallest absolute Gasteiger partial charge is 0.313 e. The number of epoxide rings is 1. The predicted molar refractivity (Wildman–Crippen MR) is 83.2 cm³/mol. The van der Waals surface area contributed by atoms with E-state index in [9.17, 15) is 9.59 Å². The Kier molecular flexibility index (Phi) is 7.44. The first kappa shape index (κ1) is 19.9. The second-order valence-corrected chi connectivity index (χ2v) is 7.34. The lowest BCUT2D eigenvalue weighted by molar-refractivity contribution is -0.332. The van der Waals surface area contributed by atoms with Gasteiger partial charge in [0.1, 0.15) is 12.7 Å². The van der Waals surface area contributed by atoms with Crippen LogP contribution in [0.3, 0.4) is 0 Å². The Bertz CT molecular complexity index is 404. The Morgan fingerprint density at radius 2 is 1.83 bits per heavy atom. The highest BCUT2D eigenvalue weighted by atomic mass is 17.2. The Morgan fingerprint density at radius 3 is 2.39 bits per heavy atom. The van der Waals surface area contributed by atoms with Gasteiger partial charge >= 0.3 is 5.97 Å². The Morgan fingerprint density at radius 1 is 1.17 bits per heavy atom. The van der Waals surface area contributed by atoms with Crippen LogP contribution in [-0.4, -0.2) is 43.5 Å². The highest BCUT2D eigenvalue weighted by molar-refractivity contribution is 5.83. The fourth-order valence-electron chi connectivity index (χ4n) is 2.03. The van der Waals surface area contributed by atoms with Gasteiger partial charge in [0.2, 0.25) is 6.79 Å². The number of hydrogen-bond acceptors (Lipinski definition) is 6. The Balaban J connectivity index is 2.09. The number of carbonyl (C=O) groups excluding carboxylic acids is 2. The second-order valence-electron chi connectivity index (χ2n) is 7.34. The van der Waals surface area contributed by atoms with E-state index in [1.54, 1.807) is 20.8 Å². The summed E-state index contributed by atoms with van der Waals surface area (Å²) in [5.41, 5.74) is -0.584. The van der Waals surface area contributed by atoms with E-state index in [1.165, 1.54) is 0 Å². The molecule has 7 nitrogen and oxygen atoms in total. The minimum atomic E-state index is -0.584. The molecule has 1 aliphatic rings. The van der Waals surface area contributed by atoms with Gasteiger partial charge in [0.05, 0.1) is 5.41 Å². The zero-order chi connectivity index (χ0) is 17.6. The number of esters is 1. The van der Waals surface area contributed by atoms with Gasteiger partial charge in [-0.25, -0.2) is 4.89 Å². The molecule has 0 aromatic carbocycles. The first-order valence-electron chi connectivity index (χ1n) is 7.98. The van der Waals surface area contributed by atoms with Crippen LogP contribution in [0.25, 0.3) is 0 Å². The molecule has 134 valence electrons. The van der Waals surface area contributed by atoms with Crippen LogP contribution in [0, 0.1) is 11.3 Å². The van der Waals surface area contributed by atoms with Crippen molar-refractivity contribution in [2.75, 3.05) is 13.4 Å². The zero-order valence-electron chi connectivity index (χ0n) is 14.9. The summed E-state index contributed by atoms with van der Waals surface area (Å²) >= 11 is 0. The lowest BCUT2D eigenvalue weighted by Gasteiger charge is -2.15. The summed E-state index contributed by atoms with van der Waals surface area (Å²) in [6, 6.07) is 0.112. The van der Waals surface area contributed by atoms with Crippen LogP contribution in [0.5, 0.6) is 0 Å². The lowest BCUT2D eigenvalue weighted by atomic mass is 9.98. The standard InChI is InChI=1S/C16H29NO6/c1-10(2)7-11(3)17-14(18)13-12(23-13)8-21-22-9-20-15(19)16(4,5)6/h10-13H,7-9H2,1-6H3,(H,17,18)/t11-,12?,13?/m1/s1. The normalized spacial score (nSPS) is 21.9. The fourth-order valence-corrected chi connectivity index (χ4v) is 2.03. The van der Waals surface area contributed by atoms with E-state index in [-0.39, 0.29) is 37.4 Å². The minimum absolute atomic E-state index is 0.112. The van der Waals surface area contributed by atoms with Crippen molar-refractivity contribution >= 4 is 11.9 Å². The summed E-state index contributed by atoms with van der Waals surface area (Å²) in [6.07, 6.45) is 0.104. The van der Waals surface area contributed by atoms with E-state index in [4.69, 9.17) is 19.2 Å². The van der Waals surface area contributed by atoms with Crippen LogP contribution >= 0.6 is 0 Å². The third-order valence-corrected chi connectivity index (χ3v) is 3.22. The van der Waals surface area contributed by atoms with Gasteiger partial charge in [0.25, 0.3) is 5.91 Å². The monoisotopic (exact) mass is 331 g/mol. The summed E-state index contributed by atoms with van der Waals surface area (Å²) in [6.45, 7) is 11.3. The maximum Gasteiger partial charge on any atom is 0.313 e. The molecule has 1 aliphatic heterocycles. The molecule has 0 aromatic rings. The third-order valence-electron chi connectivity index (χ3n) is 3.22. The van der Waals surface area contributed by atoms with Crippen molar-refractivity contribution in [3.8, 4) is 0 Å². The average Bonchev–Trinajstić information content (AvgIpc) is 3.15. The molecular weight excluding hydrogens is 302 g/mol. The Hall–Kier alpha value is -1.18. The van der Waals surface area contributed by atoms with Crippen LogP contribution in [0.2, 0.25) is 0 Å². The molecule has 1 heterocycles. The topological polar surface area (TPSA) is 86.4 Å². The van der Waals surface area contributed by atoms with Crippen molar-refractivity contribution < 1.29 is 28.8 Å². The lowest BCUT2D eigenvalue weighted by Crippen LogP contribution is -2.37. The highest BCUT2D eigenvalue weighted by Gasteiger charge is 2.45. The van der Waals surface area contributed by atoms with E-state index in [0.29, 0.717) is 5.92 Å². The molecule has 0 aliphatic carbocycles. The summed E-state index contributed by atoms with van der Waals surface area (Å²) in [5.74, 6) is 0.0137. The van der Waals surface area contributed by atoms with Crippen LogP contribution in [0.4, 0.5) is 0 Å². The number of nitrogens with one attached hydrogen (secondary N) is 1. The van der Waals surface area contributed by atoms with E-state index < -0.39 is 11.5 Å². The molecule has 0 spiro atoms. The molecule has 0 bridgehead atoms. The van der Waals surface area contributed by atoms with Crippen molar-refractivity contribution in [1.29, 1.82) is 0 Å². The Labute approximate surface area is 137 Å². The molecule has 0 radical (unpaired) electrons. The summed E-state index contributed by atoms with van der Waals surface area (Å²) in [5, 5.41) is 2.91. The summed E-state index contributed by atoms with van der Waals surface area (Å²) < 4.78 is 10.1. The van der Waals surface area contributed by atoms with Crippen LogP contribution in [-0.2, 0) is 28.8 Å². The van der Waals surface area contributed by atoms with Crippen LogP contribution in [0.1, 0.15) is 48.0 Å². The van der Waals surface area contributed by atoms with Gasteiger partial charge < -0.3 is 14.8 Å². The molecular formula is C16H29NO6. The van der Waals surface area contributed by atoms with Crippen molar-refractivity contribution in [2.24, 2.45) is 11.3 Å². The molecule has 23 heavy (non-hydrogen) atoms. The molecule has 1 fully saturated rings. The average molecular weight is 331 g/mol. The van der Waals surface area contributed by atoms with Gasteiger partial charge in [-0.15, -0.1) is 0 Å². The van der Waals surface area contributed by atoms with Gasteiger partial charge in [-0.05, 0) is 40.0 Å². The van der Waals surface area contributed by atoms with Gasteiger partial charge in [-0.2, -0.15) is 4.89 Å².